The third kappa shape index (κ3) is 7.54. The fraction of sp³-hybridized carbons (Fsp3) is 0.486. The van der Waals surface area contributed by atoms with Crippen molar-refractivity contribution in [1.82, 2.24) is 34.4 Å². The number of terminal acetylenes is 1. The number of ether oxygens (including phenoxy) is 1. The highest BCUT2D eigenvalue weighted by Crippen LogP contribution is 2.27. The number of carbonyl (C=O) groups excluding carboxylic acids is 2. The highest BCUT2D eigenvalue weighted by molar-refractivity contribution is 6.33. The Morgan fingerprint density at radius 1 is 1.00 bits per heavy atom. The summed E-state index contributed by atoms with van der Waals surface area (Å²) in [4.78, 5) is 51.4. The smallest absolute Gasteiger partial charge is 0.410 e. The summed E-state index contributed by atoms with van der Waals surface area (Å²) in [6, 6.07) is 13.2. The number of aromatic nitrogens is 3. The van der Waals surface area contributed by atoms with Gasteiger partial charge in [0, 0.05) is 62.9 Å². The molecule has 1 atom stereocenters. The number of likely N-dealkylation sites (tertiary alicyclic amines) is 2. The Balaban J connectivity index is 1.12. The molecule has 254 valence electrons. The number of carbonyl (C=O) groups is 2. The average Bonchev–Trinajstić information content (AvgIpc) is 3.51. The molecule has 3 saturated heterocycles. The molecular weight excluding hydrogens is 632 g/mol. The lowest BCUT2D eigenvalue weighted by atomic mass is 10.0. The van der Waals surface area contributed by atoms with Gasteiger partial charge in [-0.15, -0.1) is 11.5 Å². The Labute approximate surface area is 285 Å². The minimum Gasteiger partial charge on any atom is -0.436 e. The van der Waals surface area contributed by atoms with E-state index < -0.39 is 12.2 Å². The number of piperidine rings is 2. The van der Waals surface area contributed by atoms with E-state index in [1.54, 1.807) is 21.9 Å². The molecule has 0 bridgehead atoms. The molecular formula is C35H43ClN8O4. The third-order valence-corrected chi connectivity index (χ3v) is 10.2. The van der Waals surface area contributed by atoms with Crippen LogP contribution in [-0.4, -0.2) is 118 Å². The monoisotopic (exact) mass is 674 g/mol. The second kappa shape index (κ2) is 14.8. The standard InChI is InChI=1S/C35H43ClN8O4/c1-3-25-21-24(22-29(36)31(25)37)23-30(33(45)42-19-17-41(18-20-42)27-9-13-40(2)14-10-27)48-35(47)43-15-11-28(12-16-43)44-34(46)38-32(39-44)26-7-5-4-6-8-26/h1,4-8,21-22,27-28,30H,9-20,23,37H2,2H3,(H,38,39,46)/t30-/m1/s1. The molecule has 0 radical (unpaired) electrons. The predicted molar refractivity (Wildman–Crippen MR) is 185 cm³/mol. The zero-order valence-corrected chi connectivity index (χ0v) is 28.1. The van der Waals surface area contributed by atoms with Gasteiger partial charge in [-0.25, -0.2) is 14.3 Å². The first-order valence-corrected chi connectivity index (χ1v) is 17.0. The number of nitrogens with one attached hydrogen (secondary N) is 1. The van der Waals surface area contributed by atoms with E-state index in [0.29, 0.717) is 67.7 Å². The zero-order valence-electron chi connectivity index (χ0n) is 27.3. The van der Waals surface area contributed by atoms with E-state index in [4.69, 9.17) is 28.5 Å². The molecule has 3 aliphatic heterocycles. The molecule has 1 aromatic heterocycles. The lowest BCUT2D eigenvalue weighted by Gasteiger charge is -2.42. The van der Waals surface area contributed by atoms with Gasteiger partial charge in [-0.2, -0.15) is 0 Å². The molecule has 0 spiro atoms. The molecule has 6 rings (SSSR count). The number of rotatable bonds is 7. The number of piperazine rings is 1. The second-order valence-corrected chi connectivity index (χ2v) is 13.4. The van der Waals surface area contributed by atoms with Crippen LogP contribution < -0.4 is 11.4 Å². The number of hydrogen-bond acceptors (Lipinski definition) is 8. The topological polar surface area (TPSA) is 133 Å². The minimum atomic E-state index is -1.07. The fourth-order valence-electron chi connectivity index (χ4n) is 6.98. The average molecular weight is 675 g/mol. The number of hydrogen-bond donors (Lipinski definition) is 2. The van der Waals surface area contributed by atoms with Crippen LogP contribution in [0, 0.1) is 12.3 Å². The van der Waals surface area contributed by atoms with Gasteiger partial charge >= 0.3 is 11.8 Å². The van der Waals surface area contributed by atoms with Gasteiger partial charge in [-0.05, 0) is 63.5 Å². The van der Waals surface area contributed by atoms with Crippen molar-refractivity contribution in [2.75, 3.05) is 65.1 Å². The van der Waals surface area contributed by atoms with Crippen LogP contribution in [0.3, 0.4) is 0 Å². The Hall–Kier alpha value is -4.31. The van der Waals surface area contributed by atoms with Crippen LogP contribution in [0.15, 0.2) is 47.3 Å². The molecule has 2 amide bonds. The number of nitrogens with zero attached hydrogens (tertiary/aromatic N) is 6. The van der Waals surface area contributed by atoms with Crippen molar-refractivity contribution in [3.05, 3.63) is 69.1 Å². The first-order chi connectivity index (χ1) is 23.2. The van der Waals surface area contributed by atoms with Gasteiger partial charge in [0.15, 0.2) is 11.9 Å². The van der Waals surface area contributed by atoms with E-state index in [9.17, 15) is 14.4 Å². The van der Waals surface area contributed by atoms with Crippen molar-refractivity contribution >= 4 is 29.3 Å². The molecule has 13 heteroatoms. The van der Waals surface area contributed by atoms with Crippen LogP contribution in [0.25, 0.3) is 11.4 Å². The predicted octanol–water partition coefficient (Wildman–Crippen LogP) is 3.08. The number of anilines is 1. The van der Waals surface area contributed by atoms with Gasteiger partial charge in [-0.3, -0.25) is 14.7 Å². The second-order valence-electron chi connectivity index (χ2n) is 13.0. The highest BCUT2D eigenvalue weighted by Gasteiger charge is 2.35. The normalized spacial score (nSPS) is 19.2. The Morgan fingerprint density at radius 3 is 2.33 bits per heavy atom. The maximum Gasteiger partial charge on any atom is 0.410 e. The van der Waals surface area contributed by atoms with Crippen molar-refractivity contribution in [2.24, 2.45) is 0 Å². The largest absolute Gasteiger partial charge is 0.436 e. The summed E-state index contributed by atoms with van der Waals surface area (Å²) in [6.07, 6.45) is 7.41. The van der Waals surface area contributed by atoms with Gasteiger partial charge in [0.2, 0.25) is 0 Å². The fourth-order valence-corrected chi connectivity index (χ4v) is 7.22. The molecule has 4 heterocycles. The van der Waals surface area contributed by atoms with Gasteiger partial charge in [0.05, 0.1) is 16.8 Å². The lowest BCUT2D eigenvalue weighted by Crippen LogP contribution is -2.56. The van der Waals surface area contributed by atoms with Gasteiger partial charge in [0.25, 0.3) is 5.91 Å². The number of nitrogen functional groups attached to an aromatic ring is 1. The number of nitrogens with two attached hydrogens (primary N) is 1. The summed E-state index contributed by atoms with van der Waals surface area (Å²) in [7, 11) is 2.15. The summed E-state index contributed by atoms with van der Waals surface area (Å²) < 4.78 is 7.46. The molecule has 3 aromatic rings. The van der Waals surface area contributed by atoms with Gasteiger partial charge < -0.3 is 25.2 Å². The van der Waals surface area contributed by atoms with Crippen molar-refractivity contribution in [1.29, 1.82) is 0 Å². The van der Waals surface area contributed by atoms with Crippen LogP contribution in [0.2, 0.25) is 5.02 Å². The SMILES string of the molecule is C#Cc1cc(C[C@@H](OC(=O)N2CCC(n3nc(-c4ccccc4)[nH]c3=O)CC2)C(=O)N2CCN(C3CCN(C)CC3)CC2)cc(Cl)c1N. The molecule has 3 aliphatic rings. The molecule has 3 fully saturated rings. The first kappa shape index (κ1) is 33.6. The van der Waals surface area contributed by atoms with Crippen molar-refractivity contribution < 1.29 is 14.3 Å². The zero-order chi connectivity index (χ0) is 33.8. The molecule has 3 N–H and O–H groups in total. The molecule has 2 aromatic carbocycles. The molecule has 0 saturated carbocycles. The van der Waals surface area contributed by atoms with Crippen LogP contribution in [-0.2, 0) is 16.0 Å². The van der Waals surface area contributed by atoms with E-state index in [1.165, 1.54) is 4.68 Å². The minimum absolute atomic E-state index is 0.107. The maximum absolute atomic E-state index is 14.0. The van der Waals surface area contributed by atoms with E-state index in [2.05, 4.69) is 32.9 Å². The van der Waals surface area contributed by atoms with Crippen molar-refractivity contribution in [2.45, 2.75) is 50.3 Å². The Morgan fingerprint density at radius 2 is 1.67 bits per heavy atom. The highest BCUT2D eigenvalue weighted by atomic mass is 35.5. The number of halogens is 1. The molecule has 12 nitrogen and oxygen atoms in total. The van der Waals surface area contributed by atoms with Crippen LogP contribution in [0.5, 0.6) is 0 Å². The van der Waals surface area contributed by atoms with Crippen molar-refractivity contribution in [3.8, 4) is 23.7 Å². The van der Waals surface area contributed by atoms with Crippen LogP contribution in [0.4, 0.5) is 10.5 Å². The van der Waals surface area contributed by atoms with E-state index >= 15 is 0 Å². The van der Waals surface area contributed by atoms with Crippen molar-refractivity contribution in [3.63, 3.8) is 0 Å². The number of aromatic amines is 1. The third-order valence-electron chi connectivity index (χ3n) is 9.87. The van der Waals surface area contributed by atoms with Crippen LogP contribution >= 0.6 is 11.6 Å². The first-order valence-electron chi connectivity index (χ1n) is 16.7. The summed E-state index contributed by atoms with van der Waals surface area (Å²) >= 11 is 6.38. The Bertz CT molecular complexity index is 1700. The quantitative estimate of drug-likeness (QED) is 0.289. The maximum atomic E-state index is 14.0. The molecule has 0 unspecified atom stereocenters. The molecule has 0 aliphatic carbocycles. The van der Waals surface area contributed by atoms with Gasteiger partial charge in [0.1, 0.15) is 0 Å². The molecule has 48 heavy (non-hydrogen) atoms. The summed E-state index contributed by atoms with van der Waals surface area (Å²) in [6.45, 7) is 5.55. The summed E-state index contributed by atoms with van der Waals surface area (Å²) in [5.41, 5.74) is 7.96. The van der Waals surface area contributed by atoms with E-state index in [0.717, 1.165) is 44.6 Å². The Kier molecular flexibility index (Phi) is 10.4. The lowest BCUT2D eigenvalue weighted by molar-refractivity contribution is -0.143. The van der Waals surface area contributed by atoms with E-state index in [-0.39, 0.29) is 29.1 Å². The number of benzene rings is 2. The van der Waals surface area contributed by atoms with Gasteiger partial charge in [-0.1, -0.05) is 47.9 Å². The van der Waals surface area contributed by atoms with E-state index in [1.807, 2.05) is 30.3 Å². The summed E-state index contributed by atoms with van der Waals surface area (Å²) in [5, 5.41) is 4.82. The summed E-state index contributed by atoms with van der Waals surface area (Å²) in [5.74, 6) is 2.81. The van der Waals surface area contributed by atoms with Crippen LogP contribution in [0.1, 0.15) is 42.9 Å². The number of amides is 2. The number of H-pyrrole nitrogens is 1.